The van der Waals surface area contributed by atoms with Gasteiger partial charge in [0.15, 0.2) is 0 Å². The number of benzene rings is 3. The molecule has 3 aromatic carbocycles. The van der Waals surface area contributed by atoms with E-state index in [0.29, 0.717) is 0 Å². The van der Waals surface area contributed by atoms with Gasteiger partial charge in [-0.15, -0.1) is 0 Å². The number of alkyl halides is 1. The highest BCUT2D eigenvalue weighted by Gasteiger charge is 2.11. The Kier molecular flexibility index (Phi) is 2.39. The van der Waals surface area contributed by atoms with Gasteiger partial charge in [-0.25, -0.2) is 0 Å². The average molecular weight is 311 g/mol. The van der Waals surface area contributed by atoms with E-state index in [2.05, 4.69) is 58.4 Å². The van der Waals surface area contributed by atoms with Crippen molar-refractivity contribution in [2.45, 2.75) is 5.33 Å². The number of hydrogen-bond acceptors (Lipinski definition) is 1. The lowest BCUT2D eigenvalue weighted by atomic mass is 10.0. The molecule has 0 spiro atoms. The molecule has 0 bridgehead atoms. The number of halogens is 1. The normalized spacial score (nSPS) is 11.6. The van der Waals surface area contributed by atoms with Crippen molar-refractivity contribution in [3.8, 4) is 0 Å². The molecule has 4 rings (SSSR count). The Hall–Kier alpha value is -1.80. The third kappa shape index (κ3) is 1.60. The van der Waals surface area contributed by atoms with E-state index in [4.69, 9.17) is 4.42 Å². The molecule has 0 fully saturated rings. The summed E-state index contributed by atoms with van der Waals surface area (Å²) in [5, 5.41) is 5.73. The monoisotopic (exact) mass is 310 g/mol. The zero-order valence-corrected chi connectivity index (χ0v) is 11.8. The Morgan fingerprint density at radius 3 is 2.42 bits per heavy atom. The van der Waals surface area contributed by atoms with Crippen LogP contribution >= 0.6 is 15.9 Å². The van der Waals surface area contributed by atoms with E-state index in [-0.39, 0.29) is 0 Å². The first kappa shape index (κ1) is 11.1. The molecule has 0 aliphatic rings. The van der Waals surface area contributed by atoms with Crippen molar-refractivity contribution in [2.24, 2.45) is 0 Å². The van der Waals surface area contributed by atoms with Crippen molar-refractivity contribution in [1.29, 1.82) is 0 Å². The highest BCUT2D eigenvalue weighted by Crippen LogP contribution is 2.34. The molecule has 0 unspecified atom stereocenters. The Labute approximate surface area is 119 Å². The van der Waals surface area contributed by atoms with Gasteiger partial charge in [0.2, 0.25) is 0 Å². The van der Waals surface area contributed by atoms with Gasteiger partial charge >= 0.3 is 0 Å². The third-order valence-corrected chi connectivity index (χ3v) is 4.20. The maximum absolute atomic E-state index is 5.98. The summed E-state index contributed by atoms with van der Waals surface area (Å²) >= 11 is 3.56. The minimum atomic E-state index is 0.839. The molecule has 0 N–H and O–H groups in total. The van der Waals surface area contributed by atoms with Gasteiger partial charge in [-0.05, 0) is 34.5 Å². The molecule has 0 atom stereocenters. The summed E-state index contributed by atoms with van der Waals surface area (Å²) in [5.74, 6) is 0. The average Bonchev–Trinajstić information content (AvgIpc) is 2.82. The predicted octanol–water partition coefficient (Wildman–Crippen LogP) is 5.63. The molecule has 92 valence electrons. The molecule has 0 aliphatic heterocycles. The summed E-state index contributed by atoms with van der Waals surface area (Å²) in [6, 6.07) is 19.0. The fraction of sp³-hybridized carbons (Fsp3) is 0.0588. The van der Waals surface area contributed by atoms with Crippen LogP contribution in [0.15, 0.2) is 59.0 Å². The lowest BCUT2D eigenvalue weighted by Crippen LogP contribution is -1.78. The molecule has 0 saturated carbocycles. The molecule has 1 nitrogen and oxygen atoms in total. The SMILES string of the molecule is BrCc1cccc2oc3cc4ccccc4cc3c12. The second-order valence-corrected chi connectivity index (χ2v) is 5.28. The van der Waals surface area contributed by atoms with E-state index >= 15 is 0 Å². The standard InChI is InChI=1S/C17H11BrO/c18-10-13-6-3-7-15-17(13)14-8-11-4-1-2-5-12(11)9-16(14)19-15/h1-9H,10H2. The van der Waals surface area contributed by atoms with Crippen molar-refractivity contribution in [1.82, 2.24) is 0 Å². The van der Waals surface area contributed by atoms with Crippen LogP contribution < -0.4 is 0 Å². The lowest BCUT2D eigenvalue weighted by molar-refractivity contribution is 0.669. The van der Waals surface area contributed by atoms with Crippen LogP contribution in [-0.4, -0.2) is 0 Å². The van der Waals surface area contributed by atoms with Gasteiger partial charge in [0.1, 0.15) is 11.2 Å². The van der Waals surface area contributed by atoms with Crippen molar-refractivity contribution in [2.75, 3.05) is 0 Å². The van der Waals surface area contributed by atoms with E-state index in [1.54, 1.807) is 0 Å². The van der Waals surface area contributed by atoms with Gasteiger partial charge in [-0.2, -0.15) is 0 Å². The molecule has 0 aliphatic carbocycles. The minimum absolute atomic E-state index is 0.839. The molecule has 1 heterocycles. The lowest BCUT2D eigenvalue weighted by Gasteiger charge is -1.99. The van der Waals surface area contributed by atoms with E-state index < -0.39 is 0 Å². The molecule has 4 aromatic rings. The molecule has 0 radical (unpaired) electrons. The number of rotatable bonds is 1. The first-order chi connectivity index (χ1) is 9.36. The van der Waals surface area contributed by atoms with Crippen LogP contribution in [0.3, 0.4) is 0 Å². The summed E-state index contributed by atoms with van der Waals surface area (Å²) in [6.45, 7) is 0. The van der Waals surface area contributed by atoms with Gasteiger partial charge in [0, 0.05) is 16.1 Å². The summed E-state index contributed by atoms with van der Waals surface area (Å²) in [4.78, 5) is 0. The maximum Gasteiger partial charge on any atom is 0.136 e. The van der Waals surface area contributed by atoms with E-state index in [0.717, 1.165) is 16.5 Å². The Bertz CT molecular complexity index is 905. The minimum Gasteiger partial charge on any atom is -0.456 e. The molecular formula is C17H11BrO. The summed E-state index contributed by atoms with van der Waals surface area (Å²) in [7, 11) is 0. The highest BCUT2D eigenvalue weighted by atomic mass is 79.9. The molecule has 19 heavy (non-hydrogen) atoms. The Balaban J connectivity index is 2.24. The fourth-order valence-electron chi connectivity index (χ4n) is 2.70. The summed E-state index contributed by atoms with van der Waals surface area (Å²) < 4.78 is 5.98. The Morgan fingerprint density at radius 1 is 0.842 bits per heavy atom. The summed E-state index contributed by atoms with van der Waals surface area (Å²) in [5.41, 5.74) is 3.19. The molecule has 0 saturated heterocycles. The predicted molar refractivity (Wildman–Crippen MR) is 83.9 cm³/mol. The summed E-state index contributed by atoms with van der Waals surface area (Å²) in [6.07, 6.45) is 0. The largest absolute Gasteiger partial charge is 0.456 e. The number of hydrogen-bond donors (Lipinski definition) is 0. The second-order valence-electron chi connectivity index (χ2n) is 4.72. The van der Waals surface area contributed by atoms with E-state index in [9.17, 15) is 0 Å². The van der Waals surface area contributed by atoms with Crippen LogP contribution in [0.1, 0.15) is 5.56 Å². The highest BCUT2D eigenvalue weighted by molar-refractivity contribution is 9.08. The van der Waals surface area contributed by atoms with Crippen LogP contribution in [0.4, 0.5) is 0 Å². The molecular weight excluding hydrogens is 300 g/mol. The van der Waals surface area contributed by atoms with Crippen molar-refractivity contribution in [3.63, 3.8) is 0 Å². The van der Waals surface area contributed by atoms with Gasteiger partial charge < -0.3 is 4.42 Å². The van der Waals surface area contributed by atoms with Gasteiger partial charge in [0.05, 0.1) is 0 Å². The third-order valence-electron chi connectivity index (χ3n) is 3.59. The van der Waals surface area contributed by atoms with Crippen LogP contribution in [-0.2, 0) is 5.33 Å². The Morgan fingerprint density at radius 2 is 1.63 bits per heavy atom. The van der Waals surface area contributed by atoms with Crippen molar-refractivity contribution < 1.29 is 4.42 Å². The first-order valence-electron chi connectivity index (χ1n) is 6.26. The van der Waals surface area contributed by atoms with Crippen molar-refractivity contribution in [3.05, 3.63) is 60.2 Å². The van der Waals surface area contributed by atoms with Crippen LogP contribution in [0, 0.1) is 0 Å². The number of furan rings is 1. The second kappa shape index (κ2) is 4.10. The molecule has 1 aromatic heterocycles. The zero-order valence-electron chi connectivity index (χ0n) is 10.2. The number of fused-ring (bicyclic) bond motifs is 4. The topological polar surface area (TPSA) is 13.1 Å². The molecule has 0 amide bonds. The first-order valence-corrected chi connectivity index (χ1v) is 7.38. The van der Waals surface area contributed by atoms with Crippen LogP contribution in [0.5, 0.6) is 0 Å². The fourth-order valence-corrected chi connectivity index (χ4v) is 3.16. The quantitative estimate of drug-likeness (QED) is 0.415. The van der Waals surface area contributed by atoms with E-state index in [1.165, 1.54) is 27.1 Å². The van der Waals surface area contributed by atoms with Crippen LogP contribution in [0.2, 0.25) is 0 Å². The molecule has 2 heteroatoms. The smallest absolute Gasteiger partial charge is 0.136 e. The van der Waals surface area contributed by atoms with Gasteiger partial charge in [-0.3, -0.25) is 0 Å². The van der Waals surface area contributed by atoms with Crippen molar-refractivity contribution >= 4 is 48.6 Å². The zero-order chi connectivity index (χ0) is 12.8. The maximum atomic E-state index is 5.98. The van der Waals surface area contributed by atoms with Crippen LogP contribution in [0.25, 0.3) is 32.7 Å². The van der Waals surface area contributed by atoms with E-state index in [1.807, 2.05) is 12.1 Å². The van der Waals surface area contributed by atoms with Gasteiger partial charge in [0.25, 0.3) is 0 Å². The van der Waals surface area contributed by atoms with Gasteiger partial charge in [-0.1, -0.05) is 52.3 Å².